The van der Waals surface area contributed by atoms with Crippen molar-refractivity contribution >= 4 is 22.3 Å². The Bertz CT molecular complexity index is 1100. The zero-order chi connectivity index (χ0) is 18.7. The number of halogens is 3. The second-order valence-corrected chi connectivity index (χ2v) is 5.19. The summed E-state index contributed by atoms with van der Waals surface area (Å²) in [6.07, 6.45) is -4.50. The van der Waals surface area contributed by atoms with Gasteiger partial charge in [-0.05, 0) is 30.3 Å². The van der Waals surface area contributed by atoms with Gasteiger partial charge in [0.1, 0.15) is 6.07 Å². The van der Waals surface area contributed by atoms with Crippen LogP contribution in [0.1, 0.15) is 11.4 Å². The molecule has 0 fully saturated rings. The van der Waals surface area contributed by atoms with Crippen molar-refractivity contribution in [3.63, 3.8) is 0 Å². The maximum absolute atomic E-state index is 12.7. The molecule has 0 spiro atoms. The number of aromatic nitrogens is 2. The zero-order valence-corrected chi connectivity index (χ0v) is 13.0. The van der Waals surface area contributed by atoms with E-state index in [4.69, 9.17) is 0 Å². The fourth-order valence-corrected chi connectivity index (χ4v) is 2.21. The molecule has 0 aliphatic rings. The lowest BCUT2D eigenvalue weighted by Gasteiger charge is -2.08. The van der Waals surface area contributed by atoms with Gasteiger partial charge < -0.3 is 4.98 Å². The number of hydrogen-bond acceptors (Lipinski definition) is 5. The Hall–Kier alpha value is -3.67. The minimum Gasteiger partial charge on any atom is -0.304 e. The Morgan fingerprint density at radius 1 is 1.19 bits per heavy atom. The third kappa shape index (κ3) is 3.54. The molecular formula is C17H10F3N5O. The molecule has 0 aliphatic carbocycles. The van der Waals surface area contributed by atoms with E-state index in [0.717, 1.165) is 12.1 Å². The molecule has 130 valence electrons. The van der Waals surface area contributed by atoms with Crippen LogP contribution in [0, 0.1) is 11.3 Å². The smallest absolute Gasteiger partial charge is 0.304 e. The fraction of sp³-hybridized carbons (Fsp3) is 0.0588. The highest BCUT2D eigenvalue weighted by Gasteiger charge is 2.30. The maximum atomic E-state index is 12.7. The van der Waals surface area contributed by atoms with E-state index in [9.17, 15) is 23.2 Å². The van der Waals surface area contributed by atoms with Crippen LogP contribution in [0.25, 0.3) is 10.9 Å². The first kappa shape index (κ1) is 17.2. The predicted molar refractivity (Wildman–Crippen MR) is 89.6 cm³/mol. The average Bonchev–Trinajstić information content (AvgIpc) is 2.62. The van der Waals surface area contributed by atoms with E-state index in [1.165, 1.54) is 12.1 Å². The van der Waals surface area contributed by atoms with Crippen LogP contribution in [0.15, 0.2) is 58.4 Å². The van der Waals surface area contributed by atoms with Crippen LogP contribution in [0.2, 0.25) is 0 Å². The van der Waals surface area contributed by atoms with Crippen LogP contribution in [0.5, 0.6) is 0 Å². The molecule has 26 heavy (non-hydrogen) atoms. The molecule has 0 radical (unpaired) electrons. The summed E-state index contributed by atoms with van der Waals surface area (Å²) in [7, 11) is 0. The number of hydrazone groups is 1. The number of fused-ring (bicyclic) bond motifs is 1. The second kappa shape index (κ2) is 6.68. The summed E-state index contributed by atoms with van der Waals surface area (Å²) in [5.41, 5.74) is 1.21. The van der Waals surface area contributed by atoms with Crippen molar-refractivity contribution in [2.75, 3.05) is 5.43 Å². The Morgan fingerprint density at radius 3 is 2.69 bits per heavy atom. The quantitative estimate of drug-likeness (QED) is 0.556. The average molecular weight is 357 g/mol. The van der Waals surface area contributed by atoms with Crippen molar-refractivity contribution in [2.24, 2.45) is 5.10 Å². The zero-order valence-electron chi connectivity index (χ0n) is 13.0. The normalized spacial score (nSPS) is 12.0. The van der Waals surface area contributed by atoms with E-state index in [-0.39, 0.29) is 17.2 Å². The van der Waals surface area contributed by atoms with Gasteiger partial charge in [0.25, 0.3) is 5.56 Å². The number of nitriles is 1. The molecule has 6 nitrogen and oxygen atoms in total. The van der Waals surface area contributed by atoms with Gasteiger partial charge in [0, 0.05) is 0 Å². The van der Waals surface area contributed by atoms with Crippen molar-refractivity contribution in [3.8, 4) is 6.07 Å². The van der Waals surface area contributed by atoms with Crippen LogP contribution in [0.3, 0.4) is 0 Å². The topological polar surface area (TPSA) is 93.9 Å². The highest BCUT2D eigenvalue weighted by Crippen LogP contribution is 2.30. The van der Waals surface area contributed by atoms with Crippen LogP contribution in [0.4, 0.5) is 18.9 Å². The fourth-order valence-electron chi connectivity index (χ4n) is 2.21. The van der Waals surface area contributed by atoms with E-state index >= 15 is 0 Å². The summed E-state index contributed by atoms with van der Waals surface area (Å²) in [4.78, 5) is 18.6. The largest absolute Gasteiger partial charge is 0.416 e. The van der Waals surface area contributed by atoms with Crippen molar-refractivity contribution in [2.45, 2.75) is 6.18 Å². The van der Waals surface area contributed by atoms with Crippen LogP contribution >= 0.6 is 0 Å². The van der Waals surface area contributed by atoms with Gasteiger partial charge in [0.2, 0.25) is 5.71 Å². The molecule has 0 bridgehead atoms. The number of rotatable bonds is 3. The number of benzene rings is 2. The number of alkyl halides is 3. The second-order valence-electron chi connectivity index (χ2n) is 5.19. The molecule has 2 N–H and O–H groups in total. The molecule has 0 aliphatic heterocycles. The summed E-state index contributed by atoms with van der Waals surface area (Å²) in [6.45, 7) is 0. The van der Waals surface area contributed by atoms with Crippen molar-refractivity contribution in [1.82, 2.24) is 9.97 Å². The molecule has 0 atom stereocenters. The Labute approximate surface area is 144 Å². The number of hydrogen-bond donors (Lipinski definition) is 2. The summed E-state index contributed by atoms with van der Waals surface area (Å²) in [5.74, 6) is -0.0873. The van der Waals surface area contributed by atoms with Crippen LogP contribution in [-0.4, -0.2) is 15.7 Å². The monoisotopic (exact) mass is 357 g/mol. The van der Waals surface area contributed by atoms with Crippen molar-refractivity contribution in [1.29, 1.82) is 5.26 Å². The molecule has 0 saturated carbocycles. The summed E-state index contributed by atoms with van der Waals surface area (Å²) in [5, 5.41) is 13.3. The highest BCUT2D eigenvalue weighted by atomic mass is 19.4. The molecule has 1 aromatic heterocycles. The minimum absolute atomic E-state index is 0.0377. The van der Waals surface area contributed by atoms with Gasteiger partial charge in [0.15, 0.2) is 5.82 Å². The molecule has 0 saturated heterocycles. The maximum Gasteiger partial charge on any atom is 0.416 e. The van der Waals surface area contributed by atoms with E-state index in [0.29, 0.717) is 10.9 Å². The number of nitrogens with zero attached hydrogens (tertiary/aromatic N) is 3. The lowest BCUT2D eigenvalue weighted by Crippen LogP contribution is -2.16. The van der Waals surface area contributed by atoms with Gasteiger partial charge in [-0.15, -0.1) is 0 Å². The van der Waals surface area contributed by atoms with Gasteiger partial charge in [-0.2, -0.15) is 23.5 Å². The number of nitrogens with one attached hydrogen (secondary N) is 2. The first-order valence-corrected chi connectivity index (χ1v) is 7.29. The summed E-state index contributed by atoms with van der Waals surface area (Å²) in [6, 6.07) is 12.6. The Balaban J connectivity index is 1.95. The van der Waals surface area contributed by atoms with Gasteiger partial charge in [-0.25, -0.2) is 4.98 Å². The first-order chi connectivity index (χ1) is 12.4. The Kier molecular flexibility index (Phi) is 4.41. The van der Waals surface area contributed by atoms with Crippen LogP contribution in [-0.2, 0) is 6.18 Å². The van der Waals surface area contributed by atoms with E-state index < -0.39 is 17.3 Å². The molecule has 0 amide bonds. The lowest BCUT2D eigenvalue weighted by molar-refractivity contribution is -0.137. The molecule has 3 aromatic rings. The standard InChI is InChI=1S/C17H10F3N5O/c18-17(19,20)10-4-3-5-11(8-10)24-25-14(9-21)15-22-13-7-2-1-6-12(13)16(26)23-15/h1-8,24H,(H,22,23,26)/b25-14+. The molecule has 1 heterocycles. The first-order valence-electron chi connectivity index (χ1n) is 7.29. The predicted octanol–water partition coefficient (Wildman–Crippen LogP) is 3.28. The number of para-hydroxylation sites is 1. The number of aromatic amines is 1. The number of anilines is 1. The van der Waals surface area contributed by atoms with Gasteiger partial charge in [-0.3, -0.25) is 10.2 Å². The summed E-state index contributed by atoms with van der Waals surface area (Å²) >= 11 is 0. The van der Waals surface area contributed by atoms with Crippen molar-refractivity contribution < 1.29 is 13.2 Å². The number of H-pyrrole nitrogens is 1. The third-order valence-corrected chi connectivity index (χ3v) is 3.43. The summed E-state index contributed by atoms with van der Waals surface area (Å²) < 4.78 is 38.2. The molecule has 0 unspecified atom stereocenters. The highest BCUT2D eigenvalue weighted by molar-refractivity contribution is 6.10. The van der Waals surface area contributed by atoms with Crippen LogP contribution < -0.4 is 11.0 Å². The lowest BCUT2D eigenvalue weighted by atomic mass is 10.2. The SMILES string of the molecule is N#C/C(=N\Nc1cccc(C(F)(F)F)c1)c1nc2ccccc2c(=O)[nH]1. The molecule has 9 heteroatoms. The molecule has 3 rings (SSSR count). The van der Waals surface area contributed by atoms with Gasteiger partial charge in [-0.1, -0.05) is 18.2 Å². The molecule has 2 aromatic carbocycles. The van der Waals surface area contributed by atoms with Gasteiger partial charge in [0.05, 0.1) is 22.2 Å². The minimum atomic E-state index is -4.50. The van der Waals surface area contributed by atoms with Crippen molar-refractivity contribution in [3.05, 3.63) is 70.3 Å². The van der Waals surface area contributed by atoms with Gasteiger partial charge >= 0.3 is 6.18 Å². The van der Waals surface area contributed by atoms with E-state index in [2.05, 4.69) is 20.5 Å². The molecular weight excluding hydrogens is 347 g/mol. The van der Waals surface area contributed by atoms with E-state index in [1.807, 2.05) is 0 Å². The third-order valence-electron chi connectivity index (χ3n) is 3.43. The van der Waals surface area contributed by atoms with E-state index in [1.54, 1.807) is 30.3 Å². The Morgan fingerprint density at radius 2 is 1.96 bits per heavy atom.